The number of hydrogen-bond acceptors (Lipinski definition) is 5. The van der Waals surface area contributed by atoms with Gasteiger partial charge in [-0.1, -0.05) is 55.0 Å². The number of piperidine rings is 1. The Morgan fingerprint density at radius 1 is 1.13 bits per heavy atom. The van der Waals surface area contributed by atoms with Gasteiger partial charge in [0.1, 0.15) is 5.75 Å². The third-order valence-corrected chi connectivity index (χ3v) is 8.55. The molecule has 2 aromatic carbocycles. The Bertz CT molecular complexity index is 1100. The molecule has 1 saturated heterocycles. The van der Waals surface area contributed by atoms with Gasteiger partial charge in [-0.15, -0.1) is 6.58 Å². The van der Waals surface area contributed by atoms with Crippen LogP contribution in [0.3, 0.4) is 0 Å². The highest BCUT2D eigenvalue weighted by molar-refractivity contribution is 5.76. The number of unbranched alkanes of at least 4 members (excludes halogenated alkanes) is 2. The number of benzene rings is 2. The van der Waals surface area contributed by atoms with E-state index in [1.54, 1.807) is 7.11 Å². The molecule has 1 heterocycles. The quantitative estimate of drug-likeness (QED) is 0.170. The molecule has 0 spiro atoms. The van der Waals surface area contributed by atoms with E-state index >= 15 is 0 Å². The molecule has 0 radical (unpaired) electrons. The van der Waals surface area contributed by atoms with E-state index in [1.165, 1.54) is 12.5 Å². The second-order valence-electron chi connectivity index (χ2n) is 11.2. The number of nitrogens with one attached hydrogen (secondary N) is 1. The molecule has 4 atom stereocenters. The molecular formula is C33H44N2O4. The molecular weight excluding hydrogens is 488 g/mol. The predicted octanol–water partition coefficient (Wildman–Crippen LogP) is 5.45. The first-order valence-corrected chi connectivity index (χ1v) is 14.4. The van der Waals surface area contributed by atoms with Crippen molar-refractivity contribution in [3.63, 3.8) is 0 Å². The van der Waals surface area contributed by atoms with Crippen molar-refractivity contribution in [2.45, 2.75) is 75.9 Å². The minimum absolute atomic E-state index is 0.0138. The van der Waals surface area contributed by atoms with E-state index in [2.05, 4.69) is 47.1 Å². The fourth-order valence-electron chi connectivity index (χ4n) is 6.75. The molecule has 0 bridgehead atoms. The zero-order chi connectivity index (χ0) is 27.7. The van der Waals surface area contributed by atoms with Crippen LogP contribution in [0.25, 0.3) is 0 Å². The molecule has 6 heteroatoms. The van der Waals surface area contributed by atoms with E-state index < -0.39 is 0 Å². The lowest BCUT2D eigenvalue weighted by Crippen LogP contribution is -2.61. The van der Waals surface area contributed by atoms with Gasteiger partial charge < -0.3 is 14.8 Å². The van der Waals surface area contributed by atoms with E-state index in [1.807, 2.05) is 30.3 Å². The zero-order valence-corrected chi connectivity index (χ0v) is 23.6. The Hall–Kier alpha value is -2.96. The standard InChI is InChI=1S/C33H44N2O4/c1-4-19-35-20-18-33(27-15-11-16-29(21-27)39-25(2)36)23-28(22-31(38-3)30(33)24-35)34-32(37)17-10-6-9-14-26-12-7-5-8-13-26/h4-5,7-8,11-13,15-16,21,28,30-31H,1,6,9-10,14,17-20,22-24H2,2-3H3,(H,34,37). The summed E-state index contributed by atoms with van der Waals surface area (Å²) >= 11 is 0. The number of fused-ring (bicyclic) bond motifs is 1. The van der Waals surface area contributed by atoms with E-state index in [0.717, 1.165) is 70.1 Å². The number of aryl methyl sites for hydroxylation is 1. The van der Waals surface area contributed by atoms with Crippen LogP contribution in [-0.4, -0.2) is 55.7 Å². The number of esters is 1. The highest BCUT2D eigenvalue weighted by atomic mass is 16.5. The van der Waals surface area contributed by atoms with Crippen LogP contribution in [0.2, 0.25) is 0 Å². The first-order chi connectivity index (χ1) is 18.9. The largest absolute Gasteiger partial charge is 0.427 e. The van der Waals surface area contributed by atoms with Crippen LogP contribution in [-0.2, 0) is 26.2 Å². The summed E-state index contributed by atoms with van der Waals surface area (Å²) in [4.78, 5) is 27.1. The number of carbonyl (C=O) groups excluding carboxylic acids is 2. The van der Waals surface area contributed by atoms with Gasteiger partial charge in [-0.05, 0) is 68.3 Å². The van der Waals surface area contributed by atoms with Gasteiger partial charge in [-0.3, -0.25) is 14.5 Å². The summed E-state index contributed by atoms with van der Waals surface area (Å²) in [6, 6.07) is 18.5. The summed E-state index contributed by atoms with van der Waals surface area (Å²) in [6.07, 6.45) is 9.21. The molecule has 1 N–H and O–H groups in total. The van der Waals surface area contributed by atoms with E-state index in [-0.39, 0.29) is 35.4 Å². The molecule has 1 aliphatic carbocycles. The normalized spacial score (nSPS) is 24.9. The molecule has 4 rings (SSSR count). The molecule has 2 aliphatic rings. The fourth-order valence-corrected chi connectivity index (χ4v) is 6.75. The molecule has 39 heavy (non-hydrogen) atoms. The molecule has 2 fully saturated rings. The summed E-state index contributed by atoms with van der Waals surface area (Å²) in [5, 5.41) is 3.37. The number of carbonyl (C=O) groups is 2. The Kier molecular flexibility index (Phi) is 10.4. The summed E-state index contributed by atoms with van der Waals surface area (Å²) in [5.41, 5.74) is 2.33. The zero-order valence-electron chi connectivity index (χ0n) is 23.6. The highest BCUT2D eigenvalue weighted by Gasteiger charge is 2.52. The van der Waals surface area contributed by atoms with Gasteiger partial charge in [-0.2, -0.15) is 0 Å². The van der Waals surface area contributed by atoms with Crippen molar-refractivity contribution < 1.29 is 19.1 Å². The Morgan fingerprint density at radius 3 is 2.69 bits per heavy atom. The molecule has 210 valence electrons. The number of rotatable bonds is 12. The smallest absolute Gasteiger partial charge is 0.308 e. The van der Waals surface area contributed by atoms with Crippen LogP contribution < -0.4 is 10.1 Å². The first-order valence-electron chi connectivity index (χ1n) is 14.4. The van der Waals surface area contributed by atoms with Crippen LogP contribution >= 0.6 is 0 Å². The maximum Gasteiger partial charge on any atom is 0.308 e. The lowest BCUT2D eigenvalue weighted by Gasteiger charge is -2.55. The lowest BCUT2D eigenvalue weighted by molar-refractivity contribution is -0.132. The van der Waals surface area contributed by atoms with E-state index in [0.29, 0.717) is 12.2 Å². The van der Waals surface area contributed by atoms with Crippen LogP contribution in [0.15, 0.2) is 67.3 Å². The van der Waals surface area contributed by atoms with Crippen LogP contribution in [0.4, 0.5) is 0 Å². The fraction of sp³-hybridized carbons (Fsp3) is 0.515. The lowest BCUT2D eigenvalue weighted by atomic mass is 9.57. The number of methoxy groups -OCH3 is 1. The van der Waals surface area contributed by atoms with Crippen LogP contribution in [0.5, 0.6) is 5.75 Å². The Balaban J connectivity index is 1.44. The van der Waals surface area contributed by atoms with Crippen LogP contribution in [0, 0.1) is 5.92 Å². The molecule has 1 saturated carbocycles. The van der Waals surface area contributed by atoms with Crippen molar-refractivity contribution in [2.24, 2.45) is 5.92 Å². The topological polar surface area (TPSA) is 67.9 Å². The van der Waals surface area contributed by atoms with E-state index in [4.69, 9.17) is 9.47 Å². The number of amides is 1. The highest BCUT2D eigenvalue weighted by Crippen LogP contribution is 2.50. The van der Waals surface area contributed by atoms with Crippen molar-refractivity contribution in [3.8, 4) is 5.75 Å². The van der Waals surface area contributed by atoms with Crippen LogP contribution in [0.1, 0.15) is 63.0 Å². The summed E-state index contributed by atoms with van der Waals surface area (Å²) in [7, 11) is 1.79. The second kappa shape index (κ2) is 13.9. The first kappa shape index (κ1) is 29.0. The molecule has 6 nitrogen and oxygen atoms in total. The van der Waals surface area contributed by atoms with Gasteiger partial charge in [0.2, 0.25) is 5.91 Å². The van der Waals surface area contributed by atoms with Crippen molar-refractivity contribution >= 4 is 11.9 Å². The minimum Gasteiger partial charge on any atom is -0.427 e. The van der Waals surface area contributed by atoms with Crippen molar-refractivity contribution in [2.75, 3.05) is 26.7 Å². The second-order valence-corrected chi connectivity index (χ2v) is 11.2. The minimum atomic E-state index is -0.325. The van der Waals surface area contributed by atoms with Gasteiger partial charge in [-0.25, -0.2) is 0 Å². The molecule has 4 unspecified atom stereocenters. The molecule has 1 aliphatic heterocycles. The van der Waals surface area contributed by atoms with Gasteiger partial charge in [0.15, 0.2) is 0 Å². The maximum absolute atomic E-state index is 13.0. The summed E-state index contributed by atoms with van der Waals surface area (Å²) in [6.45, 7) is 8.07. The number of hydrogen-bond donors (Lipinski definition) is 1. The average molecular weight is 533 g/mol. The Labute approximate surface area is 233 Å². The summed E-state index contributed by atoms with van der Waals surface area (Å²) < 4.78 is 11.6. The number of nitrogens with zero attached hydrogens (tertiary/aromatic N) is 1. The number of ether oxygens (including phenoxy) is 2. The monoisotopic (exact) mass is 532 g/mol. The maximum atomic E-state index is 13.0. The van der Waals surface area contributed by atoms with Crippen molar-refractivity contribution in [1.29, 1.82) is 0 Å². The van der Waals surface area contributed by atoms with Gasteiger partial charge in [0, 0.05) is 50.9 Å². The van der Waals surface area contributed by atoms with Gasteiger partial charge >= 0.3 is 5.97 Å². The average Bonchev–Trinajstić information content (AvgIpc) is 2.93. The Morgan fingerprint density at radius 2 is 1.95 bits per heavy atom. The number of likely N-dealkylation sites (tertiary alicyclic amines) is 1. The van der Waals surface area contributed by atoms with E-state index in [9.17, 15) is 9.59 Å². The SMILES string of the molecule is C=CCN1CCC2(c3cccc(OC(C)=O)c3)CC(NC(=O)CCCCCc3ccccc3)CC(OC)C2C1. The molecule has 1 amide bonds. The third-order valence-electron chi connectivity index (χ3n) is 8.55. The van der Waals surface area contributed by atoms with Crippen molar-refractivity contribution in [3.05, 3.63) is 78.4 Å². The van der Waals surface area contributed by atoms with Gasteiger partial charge in [0.05, 0.1) is 6.10 Å². The third kappa shape index (κ3) is 7.58. The molecule has 2 aromatic rings. The molecule has 0 aromatic heterocycles. The van der Waals surface area contributed by atoms with Gasteiger partial charge in [0.25, 0.3) is 0 Å². The summed E-state index contributed by atoms with van der Waals surface area (Å²) in [5.74, 6) is 0.627. The van der Waals surface area contributed by atoms with Crippen molar-refractivity contribution in [1.82, 2.24) is 10.2 Å². The predicted molar refractivity (Wildman–Crippen MR) is 155 cm³/mol.